The molecule has 144 valence electrons. The van der Waals surface area contributed by atoms with Crippen molar-refractivity contribution in [3.8, 4) is 0 Å². The lowest BCUT2D eigenvalue weighted by molar-refractivity contribution is 0.0251. The quantitative estimate of drug-likeness (QED) is 0.874. The van der Waals surface area contributed by atoms with Gasteiger partial charge in [0, 0.05) is 56.8 Å². The van der Waals surface area contributed by atoms with Crippen molar-refractivity contribution in [2.75, 3.05) is 52.9 Å². The van der Waals surface area contributed by atoms with Gasteiger partial charge in [-0.05, 0) is 44.0 Å². The summed E-state index contributed by atoms with van der Waals surface area (Å²) in [7, 11) is 2.17. The number of nitrogens with zero attached hydrogens (tertiary/aromatic N) is 3. The van der Waals surface area contributed by atoms with Gasteiger partial charge in [0.25, 0.3) is 5.91 Å². The lowest BCUT2D eigenvalue weighted by atomic mass is 9.78. The average Bonchev–Trinajstić information content (AvgIpc) is 2.70. The second-order valence-corrected chi connectivity index (χ2v) is 8.12. The van der Waals surface area contributed by atoms with Crippen molar-refractivity contribution < 1.29 is 9.90 Å². The number of likely N-dealkylation sites (tertiary alicyclic amines) is 1. The molecule has 1 unspecified atom stereocenters. The van der Waals surface area contributed by atoms with Gasteiger partial charge in [0.15, 0.2) is 0 Å². The Labute approximate surface area is 157 Å². The molecule has 0 saturated carbocycles. The van der Waals surface area contributed by atoms with Crippen LogP contribution in [0, 0.1) is 5.41 Å². The van der Waals surface area contributed by atoms with Crippen LogP contribution in [0.1, 0.15) is 42.1 Å². The molecular weight excluding hydrogens is 326 g/mol. The van der Waals surface area contributed by atoms with Gasteiger partial charge in [-0.3, -0.25) is 9.69 Å². The summed E-state index contributed by atoms with van der Waals surface area (Å²) in [5, 5.41) is 9.77. The van der Waals surface area contributed by atoms with Crippen LogP contribution in [-0.2, 0) is 6.54 Å². The predicted molar refractivity (Wildman–Crippen MR) is 104 cm³/mol. The normalized spacial score (nSPS) is 25.4. The molecule has 0 spiro atoms. The minimum absolute atomic E-state index is 0.0992. The predicted octanol–water partition coefficient (Wildman–Crippen LogP) is 2.06. The van der Waals surface area contributed by atoms with Crippen LogP contribution in [-0.4, -0.2) is 78.6 Å². The first kappa shape index (κ1) is 19.3. The van der Waals surface area contributed by atoms with Crippen molar-refractivity contribution in [3.63, 3.8) is 0 Å². The molecule has 2 fully saturated rings. The van der Waals surface area contributed by atoms with Gasteiger partial charge in [0.2, 0.25) is 0 Å². The minimum Gasteiger partial charge on any atom is -0.396 e. The first-order valence-electron chi connectivity index (χ1n) is 9.95. The summed E-state index contributed by atoms with van der Waals surface area (Å²) in [6.07, 6.45) is 2.90. The molecule has 2 heterocycles. The molecule has 26 heavy (non-hydrogen) atoms. The number of amides is 1. The number of hydrogen-bond acceptors (Lipinski definition) is 4. The van der Waals surface area contributed by atoms with Crippen LogP contribution in [0.5, 0.6) is 0 Å². The zero-order valence-electron chi connectivity index (χ0n) is 16.3. The number of benzene rings is 1. The molecule has 2 aliphatic rings. The van der Waals surface area contributed by atoms with Crippen LogP contribution < -0.4 is 0 Å². The number of carbonyl (C=O) groups excluding carboxylic acids is 1. The van der Waals surface area contributed by atoms with Crippen LogP contribution in [0.2, 0.25) is 0 Å². The molecule has 1 amide bonds. The van der Waals surface area contributed by atoms with Gasteiger partial charge in [-0.25, -0.2) is 0 Å². The maximum absolute atomic E-state index is 12.9. The fraction of sp³-hybridized carbons (Fsp3) is 0.667. The topological polar surface area (TPSA) is 47.0 Å². The van der Waals surface area contributed by atoms with Gasteiger partial charge in [-0.15, -0.1) is 0 Å². The van der Waals surface area contributed by atoms with E-state index in [1.165, 1.54) is 5.56 Å². The zero-order valence-corrected chi connectivity index (χ0v) is 16.3. The molecule has 1 aromatic carbocycles. The van der Waals surface area contributed by atoms with E-state index >= 15 is 0 Å². The SMILES string of the molecule is CCC1(CO)CCCN(C(=O)c2ccc(CN3CCN(C)CC3)cc2)C1. The molecule has 0 aromatic heterocycles. The highest BCUT2D eigenvalue weighted by atomic mass is 16.3. The molecule has 0 radical (unpaired) electrons. The van der Waals surface area contributed by atoms with E-state index in [4.69, 9.17) is 0 Å². The third-order valence-electron chi connectivity index (χ3n) is 6.24. The maximum atomic E-state index is 12.9. The van der Waals surface area contributed by atoms with Crippen molar-refractivity contribution in [2.45, 2.75) is 32.7 Å². The Morgan fingerprint density at radius 2 is 1.81 bits per heavy atom. The molecule has 1 N–H and O–H groups in total. The van der Waals surface area contributed by atoms with E-state index in [1.807, 2.05) is 17.0 Å². The molecule has 2 aliphatic heterocycles. The Bertz CT molecular complexity index is 590. The van der Waals surface area contributed by atoms with Crippen LogP contribution in [0.25, 0.3) is 0 Å². The molecule has 2 saturated heterocycles. The molecule has 1 atom stereocenters. The second kappa shape index (κ2) is 8.51. The van der Waals surface area contributed by atoms with Gasteiger partial charge in [0.05, 0.1) is 6.61 Å². The second-order valence-electron chi connectivity index (χ2n) is 8.12. The van der Waals surface area contributed by atoms with Crippen molar-refractivity contribution in [2.24, 2.45) is 5.41 Å². The summed E-state index contributed by atoms with van der Waals surface area (Å²) in [4.78, 5) is 19.6. The highest BCUT2D eigenvalue weighted by molar-refractivity contribution is 5.94. The third kappa shape index (κ3) is 4.45. The van der Waals surface area contributed by atoms with Gasteiger partial charge in [-0.2, -0.15) is 0 Å². The largest absolute Gasteiger partial charge is 0.396 e. The monoisotopic (exact) mass is 359 g/mol. The van der Waals surface area contributed by atoms with E-state index in [0.29, 0.717) is 6.54 Å². The van der Waals surface area contributed by atoms with Crippen molar-refractivity contribution in [3.05, 3.63) is 35.4 Å². The van der Waals surface area contributed by atoms with Crippen LogP contribution in [0.3, 0.4) is 0 Å². The lowest BCUT2D eigenvalue weighted by Crippen LogP contribution is -2.47. The summed E-state index contributed by atoms with van der Waals surface area (Å²) >= 11 is 0. The Morgan fingerprint density at radius 1 is 1.12 bits per heavy atom. The highest BCUT2D eigenvalue weighted by Crippen LogP contribution is 2.33. The van der Waals surface area contributed by atoms with E-state index in [2.05, 4.69) is 35.9 Å². The standard InChI is InChI=1S/C21H33N3O2/c1-3-21(17-25)9-4-10-24(16-21)20(26)19-7-5-18(6-8-19)15-23-13-11-22(2)12-14-23/h5-8,25H,3-4,9-17H2,1-2H3. The molecule has 1 aromatic rings. The molecule has 0 bridgehead atoms. The first-order valence-corrected chi connectivity index (χ1v) is 9.95. The van der Waals surface area contributed by atoms with Crippen molar-refractivity contribution in [1.29, 1.82) is 0 Å². The van der Waals surface area contributed by atoms with Gasteiger partial charge >= 0.3 is 0 Å². The number of aliphatic hydroxyl groups excluding tert-OH is 1. The minimum atomic E-state index is -0.116. The Kier molecular flexibility index (Phi) is 6.33. The summed E-state index contributed by atoms with van der Waals surface area (Å²) in [6.45, 7) is 9.14. The number of rotatable bonds is 5. The van der Waals surface area contributed by atoms with E-state index in [1.54, 1.807) is 0 Å². The van der Waals surface area contributed by atoms with Crippen LogP contribution in [0.4, 0.5) is 0 Å². The number of likely N-dealkylation sites (N-methyl/N-ethyl adjacent to an activating group) is 1. The average molecular weight is 360 g/mol. The molecule has 5 heteroatoms. The number of hydrogen-bond donors (Lipinski definition) is 1. The van der Waals surface area contributed by atoms with E-state index in [-0.39, 0.29) is 17.9 Å². The molecule has 0 aliphatic carbocycles. The number of piperidine rings is 1. The Balaban J connectivity index is 1.60. The maximum Gasteiger partial charge on any atom is 0.253 e. The number of aliphatic hydroxyl groups is 1. The summed E-state index contributed by atoms with van der Waals surface area (Å²) in [6, 6.07) is 8.12. The summed E-state index contributed by atoms with van der Waals surface area (Å²) in [5.41, 5.74) is 1.91. The fourth-order valence-electron chi connectivity index (χ4n) is 4.11. The Hall–Kier alpha value is -1.43. The van der Waals surface area contributed by atoms with Gasteiger partial charge < -0.3 is 14.9 Å². The smallest absolute Gasteiger partial charge is 0.253 e. The molecular formula is C21H33N3O2. The Morgan fingerprint density at radius 3 is 2.42 bits per heavy atom. The van der Waals surface area contributed by atoms with E-state index in [0.717, 1.165) is 64.1 Å². The van der Waals surface area contributed by atoms with Crippen molar-refractivity contribution in [1.82, 2.24) is 14.7 Å². The first-order chi connectivity index (χ1) is 12.5. The molecule has 3 rings (SSSR count). The van der Waals surface area contributed by atoms with Crippen LogP contribution in [0.15, 0.2) is 24.3 Å². The zero-order chi connectivity index (χ0) is 18.6. The van der Waals surface area contributed by atoms with Gasteiger partial charge in [0.1, 0.15) is 0 Å². The van der Waals surface area contributed by atoms with E-state index in [9.17, 15) is 9.90 Å². The summed E-state index contributed by atoms with van der Waals surface area (Å²) in [5.74, 6) is 0.0992. The summed E-state index contributed by atoms with van der Waals surface area (Å²) < 4.78 is 0. The lowest BCUT2D eigenvalue weighted by Gasteiger charge is -2.41. The fourth-order valence-corrected chi connectivity index (χ4v) is 4.11. The van der Waals surface area contributed by atoms with Crippen LogP contribution >= 0.6 is 0 Å². The highest BCUT2D eigenvalue weighted by Gasteiger charge is 2.35. The third-order valence-corrected chi connectivity index (χ3v) is 6.24. The van der Waals surface area contributed by atoms with Crippen molar-refractivity contribution >= 4 is 5.91 Å². The van der Waals surface area contributed by atoms with Gasteiger partial charge in [-0.1, -0.05) is 19.1 Å². The van der Waals surface area contributed by atoms with E-state index < -0.39 is 0 Å². The number of carbonyl (C=O) groups is 1. The number of piperazine rings is 1. The molecule has 5 nitrogen and oxygen atoms in total.